The molecule has 2 aliphatic heterocycles. The van der Waals surface area contributed by atoms with Gasteiger partial charge in [-0.15, -0.1) is 0 Å². The summed E-state index contributed by atoms with van der Waals surface area (Å²) in [5.41, 5.74) is 3.40. The summed E-state index contributed by atoms with van der Waals surface area (Å²) >= 11 is 0. The van der Waals surface area contributed by atoms with Crippen LogP contribution in [0, 0.1) is 12.0 Å². The summed E-state index contributed by atoms with van der Waals surface area (Å²) < 4.78 is 60.7. The molecule has 10 heteroatoms. The number of rotatable bonds is 4. The highest BCUT2D eigenvalue weighted by atomic mass is 19.3. The summed E-state index contributed by atoms with van der Waals surface area (Å²) in [7, 11) is 0. The van der Waals surface area contributed by atoms with Gasteiger partial charge < -0.3 is 19.6 Å². The summed E-state index contributed by atoms with van der Waals surface area (Å²) in [5, 5.41) is 10.3. The Hall–Kier alpha value is -4.17. The predicted molar refractivity (Wildman–Crippen MR) is 157 cm³/mol. The molecule has 1 unspecified atom stereocenters. The number of ether oxygens (including phenoxy) is 1. The van der Waals surface area contributed by atoms with E-state index in [1.54, 1.807) is 48.8 Å². The Balaban J connectivity index is 1.56. The van der Waals surface area contributed by atoms with Crippen LogP contribution < -0.4 is 4.90 Å². The second-order valence-corrected chi connectivity index (χ2v) is 13.5. The van der Waals surface area contributed by atoms with Gasteiger partial charge in [-0.2, -0.15) is 0 Å². The van der Waals surface area contributed by atoms with Gasteiger partial charge >= 0.3 is 11.9 Å². The zero-order chi connectivity index (χ0) is 32.0. The summed E-state index contributed by atoms with van der Waals surface area (Å²) in [6, 6.07) is 5.37. The Labute approximate surface area is 253 Å². The Kier molecular flexibility index (Phi) is 6.56. The lowest BCUT2D eigenvalue weighted by molar-refractivity contribution is -0.149. The lowest BCUT2D eigenvalue weighted by atomic mass is 9.64. The van der Waals surface area contributed by atoms with E-state index in [2.05, 4.69) is 6.08 Å². The molecule has 1 aromatic rings. The van der Waals surface area contributed by atoms with Gasteiger partial charge in [-0.1, -0.05) is 12.2 Å². The Morgan fingerprint density at radius 1 is 1.00 bits per heavy atom. The van der Waals surface area contributed by atoms with E-state index in [1.165, 1.54) is 18.2 Å². The number of benzene rings is 1. The van der Waals surface area contributed by atoms with Crippen molar-refractivity contribution in [2.45, 2.75) is 57.5 Å². The smallest absolute Gasteiger partial charge is 0.338 e. The number of hydrogen-bond acceptors (Lipinski definition) is 5. The maximum absolute atomic E-state index is 13.8. The van der Waals surface area contributed by atoms with Crippen LogP contribution >= 0.6 is 0 Å². The molecule has 2 fully saturated rings. The molecule has 6 rings (SSSR count). The molecule has 1 N–H and O–H groups in total. The molecule has 5 aliphatic rings. The van der Waals surface area contributed by atoms with Gasteiger partial charge in [0.2, 0.25) is 0 Å². The molecule has 0 spiro atoms. The number of alkyl halides is 4. The van der Waals surface area contributed by atoms with Crippen LogP contribution in [0.15, 0.2) is 76.6 Å². The molecule has 0 aromatic heterocycles. The average molecular weight is 610 g/mol. The number of likely N-dealkylation sites (tertiary alicyclic amines) is 1. The number of anilines is 1. The highest BCUT2D eigenvalue weighted by Gasteiger charge is 2.50. The average Bonchev–Trinajstić information content (AvgIpc) is 2.89. The molecule has 44 heavy (non-hydrogen) atoms. The zero-order valence-corrected chi connectivity index (χ0v) is 25.1. The number of carbonyl (C=O) groups excluding carboxylic acids is 1. The number of hydrogen-bond donors (Lipinski definition) is 1. The van der Waals surface area contributed by atoms with Crippen molar-refractivity contribution >= 4 is 23.2 Å². The molecule has 3 aliphatic carbocycles. The van der Waals surface area contributed by atoms with Gasteiger partial charge in [-0.3, -0.25) is 4.79 Å². The molecule has 1 aromatic carbocycles. The van der Waals surface area contributed by atoms with Crippen molar-refractivity contribution in [2.75, 3.05) is 31.1 Å². The minimum absolute atomic E-state index is 0.173. The second kappa shape index (κ2) is 9.66. The van der Waals surface area contributed by atoms with Crippen LogP contribution in [0.4, 0.5) is 23.2 Å². The summed E-state index contributed by atoms with van der Waals surface area (Å²) in [4.78, 5) is 28.8. The molecule has 0 bridgehead atoms. The van der Waals surface area contributed by atoms with Crippen molar-refractivity contribution in [1.82, 2.24) is 4.90 Å². The summed E-state index contributed by atoms with van der Waals surface area (Å²) in [5.74, 6) is -8.42. The van der Waals surface area contributed by atoms with Crippen LogP contribution in [0.3, 0.4) is 0 Å². The Bertz CT molecular complexity index is 1650. The second-order valence-electron chi connectivity index (χ2n) is 13.5. The van der Waals surface area contributed by atoms with E-state index in [-0.39, 0.29) is 5.57 Å². The number of allylic oxidation sites excluding steroid dienone is 7. The summed E-state index contributed by atoms with van der Waals surface area (Å²) in [6.45, 7) is 7.45. The third-order valence-electron chi connectivity index (χ3n) is 8.52. The van der Waals surface area contributed by atoms with E-state index >= 15 is 0 Å². The first-order valence-corrected chi connectivity index (χ1v) is 14.4. The standard InChI is InChI=1S/C34H32F4N2O4/c1-31(2,3)44-30(43)19-6-9-22(29(41)42)25(12-19)28-23-10-7-20(39-15-33(35,36)16-39)13-26(23)32(4,5)27-14-21(8-11-24(27)28)40-17-34(37,38)18-40/h6-10,12-14,22H,15-18H2,1-5H3/p+1. The van der Waals surface area contributed by atoms with Crippen molar-refractivity contribution < 1.29 is 37.0 Å². The molecule has 1 atom stereocenters. The quantitative estimate of drug-likeness (QED) is 0.248. The minimum atomic E-state index is -2.79. The SMILES string of the molecule is CC(C)(C)OC(=O)C1=CC(=C2C3=C(C=C(N4CC(F)(F)C4)C=[C+]3)C(C)(C)c3cc(N4CC(F)(F)C4)ccc32)C(C(=O)O)C=C1. The summed E-state index contributed by atoms with van der Waals surface area (Å²) in [6.07, 6.45) is 11.1. The molecule has 0 radical (unpaired) electrons. The van der Waals surface area contributed by atoms with Gasteiger partial charge in [0.1, 0.15) is 17.2 Å². The number of halogens is 4. The Morgan fingerprint density at radius 2 is 1.64 bits per heavy atom. The van der Waals surface area contributed by atoms with Crippen LogP contribution in [0.2, 0.25) is 0 Å². The highest BCUT2D eigenvalue weighted by molar-refractivity contribution is 6.00. The monoisotopic (exact) mass is 609 g/mol. The Morgan fingerprint density at radius 3 is 2.23 bits per heavy atom. The number of aliphatic carboxylic acids is 1. The minimum Gasteiger partial charge on any atom is -0.481 e. The number of carboxylic acids is 1. The van der Waals surface area contributed by atoms with E-state index in [1.807, 2.05) is 26.0 Å². The highest BCUT2D eigenvalue weighted by Crippen LogP contribution is 2.52. The lowest BCUT2D eigenvalue weighted by Gasteiger charge is -2.42. The largest absolute Gasteiger partial charge is 0.481 e. The fraction of sp³-hybridized carbons (Fsp3) is 0.412. The van der Waals surface area contributed by atoms with Crippen molar-refractivity contribution in [3.8, 4) is 0 Å². The van der Waals surface area contributed by atoms with Gasteiger partial charge in [-0.25, -0.2) is 22.4 Å². The lowest BCUT2D eigenvalue weighted by Crippen LogP contribution is -2.56. The van der Waals surface area contributed by atoms with Crippen LogP contribution in [0.5, 0.6) is 0 Å². The number of carboxylic acid groups (broad SMARTS) is 1. The van der Waals surface area contributed by atoms with Crippen LogP contribution in [-0.4, -0.2) is 65.6 Å². The first-order valence-electron chi connectivity index (χ1n) is 14.4. The molecule has 0 amide bonds. The molecule has 230 valence electrons. The van der Waals surface area contributed by atoms with E-state index < -0.39 is 66.9 Å². The first kappa shape index (κ1) is 29.9. The molecular formula is C34H33F4N2O4+. The van der Waals surface area contributed by atoms with E-state index in [9.17, 15) is 32.3 Å². The maximum Gasteiger partial charge on any atom is 0.338 e. The van der Waals surface area contributed by atoms with E-state index in [0.717, 1.165) is 11.1 Å². The third-order valence-corrected chi connectivity index (χ3v) is 8.52. The van der Waals surface area contributed by atoms with Crippen molar-refractivity contribution in [1.29, 1.82) is 0 Å². The number of fused-ring (bicyclic) bond motifs is 1. The molecular weight excluding hydrogens is 576 g/mol. The van der Waals surface area contributed by atoms with Crippen molar-refractivity contribution in [3.63, 3.8) is 0 Å². The van der Waals surface area contributed by atoms with Gasteiger partial charge in [0, 0.05) is 22.9 Å². The van der Waals surface area contributed by atoms with E-state index in [4.69, 9.17) is 4.74 Å². The number of esters is 1. The maximum atomic E-state index is 13.8. The fourth-order valence-corrected chi connectivity index (χ4v) is 6.32. The molecule has 2 heterocycles. The van der Waals surface area contributed by atoms with Crippen molar-refractivity contribution in [3.05, 3.63) is 93.8 Å². The number of carbonyl (C=O) groups is 2. The van der Waals surface area contributed by atoms with Crippen LogP contribution in [-0.2, 0) is 19.7 Å². The number of nitrogens with zero attached hydrogens (tertiary/aromatic N) is 2. The van der Waals surface area contributed by atoms with Gasteiger partial charge in [0.05, 0.1) is 60.5 Å². The molecule has 2 saturated heterocycles. The topological polar surface area (TPSA) is 70.1 Å². The van der Waals surface area contributed by atoms with Gasteiger partial charge in [0.25, 0.3) is 11.8 Å². The fourth-order valence-electron chi connectivity index (χ4n) is 6.32. The third kappa shape index (κ3) is 5.15. The van der Waals surface area contributed by atoms with Crippen molar-refractivity contribution in [2.24, 2.45) is 5.92 Å². The van der Waals surface area contributed by atoms with Crippen LogP contribution in [0.1, 0.15) is 45.7 Å². The van der Waals surface area contributed by atoms with Gasteiger partial charge in [-0.05, 0) is 64.5 Å². The first-order chi connectivity index (χ1) is 20.4. The predicted octanol–water partition coefficient (Wildman–Crippen LogP) is 6.23. The van der Waals surface area contributed by atoms with Crippen LogP contribution in [0.25, 0.3) is 5.57 Å². The molecule has 6 nitrogen and oxygen atoms in total. The van der Waals surface area contributed by atoms with Gasteiger partial charge in [0.15, 0.2) is 5.57 Å². The normalized spacial score (nSPS) is 26.0. The zero-order valence-electron chi connectivity index (χ0n) is 25.1. The van der Waals surface area contributed by atoms with E-state index in [0.29, 0.717) is 33.7 Å². The molecule has 0 saturated carbocycles.